The Kier molecular flexibility index (Phi) is 2.63. The summed E-state index contributed by atoms with van der Waals surface area (Å²) in [5, 5.41) is 15.1. The van der Waals surface area contributed by atoms with Crippen molar-refractivity contribution < 1.29 is 0 Å². The van der Waals surface area contributed by atoms with Crippen LogP contribution in [0.2, 0.25) is 0 Å². The van der Waals surface area contributed by atoms with E-state index in [-0.39, 0.29) is 0 Å². The van der Waals surface area contributed by atoms with E-state index in [4.69, 9.17) is 5.26 Å². The fraction of sp³-hybridized carbons (Fsp3) is 0. The van der Waals surface area contributed by atoms with Crippen LogP contribution in [0.15, 0.2) is 36.0 Å². The van der Waals surface area contributed by atoms with E-state index in [9.17, 15) is 0 Å². The molecular weight excluding hydrogens is 244 g/mol. The zero-order chi connectivity index (χ0) is 12.4. The second kappa shape index (κ2) is 4.43. The molecule has 0 fully saturated rings. The summed E-state index contributed by atoms with van der Waals surface area (Å²) in [5.74, 6) is 0. The average Bonchev–Trinajstić information content (AvgIpc) is 3.05. The summed E-state index contributed by atoms with van der Waals surface area (Å²) < 4.78 is 1.67. The molecule has 3 aromatic rings. The number of fused-ring (bicyclic) bond motifs is 1. The minimum absolute atomic E-state index is 0.487. The van der Waals surface area contributed by atoms with Gasteiger partial charge in [0, 0.05) is 11.1 Å². The first-order valence-electron chi connectivity index (χ1n) is 5.33. The van der Waals surface area contributed by atoms with Crippen LogP contribution in [-0.2, 0) is 0 Å². The van der Waals surface area contributed by atoms with Crippen LogP contribution in [0.25, 0.3) is 17.8 Å². The van der Waals surface area contributed by atoms with Crippen molar-refractivity contribution in [2.24, 2.45) is 0 Å². The summed E-state index contributed by atoms with van der Waals surface area (Å²) in [6.45, 7) is 0. The number of aromatic nitrogens is 3. The second-order valence-electron chi connectivity index (χ2n) is 3.62. The minimum atomic E-state index is 0.487. The molecule has 0 aromatic carbocycles. The Bertz CT molecular complexity index is 747. The topological polar surface area (TPSA) is 54.0 Å². The maximum Gasteiger partial charge on any atom is 0.173 e. The van der Waals surface area contributed by atoms with Crippen LogP contribution >= 0.6 is 11.3 Å². The van der Waals surface area contributed by atoms with Gasteiger partial charge in [0.05, 0.1) is 11.9 Å². The smallest absolute Gasteiger partial charge is 0.173 e. The molecule has 3 heterocycles. The third kappa shape index (κ3) is 1.79. The van der Waals surface area contributed by atoms with Crippen LogP contribution in [-0.4, -0.2) is 14.6 Å². The van der Waals surface area contributed by atoms with Crippen molar-refractivity contribution in [3.05, 3.63) is 52.1 Å². The molecule has 86 valence electrons. The lowest BCUT2D eigenvalue weighted by Gasteiger charge is -1.97. The largest absolute Gasteiger partial charge is 0.236 e. The number of nitriles is 1. The van der Waals surface area contributed by atoms with Crippen molar-refractivity contribution in [1.82, 2.24) is 14.6 Å². The number of nitrogens with zero attached hydrogens (tertiary/aromatic N) is 4. The molecule has 3 rings (SSSR count). The molecule has 4 nitrogen and oxygen atoms in total. The summed E-state index contributed by atoms with van der Waals surface area (Å²) in [5.41, 5.74) is 1.97. The molecule has 0 bridgehead atoms. The maximum atomic E-state index is 8.94. The van der Waals surface area contributed by atoms with Crippen LogP contribution in [0, 0.1) is 11.3 Å². The molecule has 5 heteroatoms. The molecule has 0 saturated carbocycles. The van der Waals surface area contributed by atoms with E-state index < -0.39 is 0 Å². The summed E-state index contributed by atoms with van der Waals surface area (Å²) in [4.78, 5) is 5.34. The number of hydrogen-bond acceptors (Lipinski definition) is 4. The molecular formula is C13H8N4S. The summed E-state index contributed by atoms with van der Waals surface area (Å²) in [6, 6.07) is 8.00. The van der Waals surface area contributed by atoms with Crippen molar-refractivity contribution in [3.8, 4) is 6.07 Å². The molecule has 0 amide bonds. The number of thiophene rings is 1. The molecule has 0 unspecified atom stereocenters. The van der Waals surface area contributed by atoms with E-state index in [0.717, 1.165) is 5.69 Å². The summed E-state index contributed by atoms with van der Waals surface area (Å²) in [7, 11) is 0. The van der Waals surface area contributed by atoms with Gasteiger partial charge >= 0.3 is 0 Å². The number of hydrogen-bond donors (Lipinski definition) is 0. The Balaban J connectivity index is 2.08. The molecule has 0 aliphatic rings. The molecule has 0 saturated heterocycles. The van der Waals surface area contributed by atoms with Gasteiger partial charge in [-0.25, -0.2) is 9.50 Å². The van der Waals surface area contributed by atoms with Gasteiger partial charge in [-0.2, -0.15) is 10.4 Å². The van der Waals surface area contributed by atoms with Crippen molar-refractivity contribution in [1.29, 1.82) is 5.26 Å². The quantitative estimate of drug-likeness (QED) is 0.704. The zero-order valence-corrected chi connectivity index (χ0v) is 10.1. The molecule has 3 aromatic heterocycles. The van der Waals surface area contributed by atoms with E-state index in [0.29, 0.717) is 11.2 Å². The third-order valence-corrected chi connectivity index (χ3v) is 3.35. The molecule has 0 aliphatic heterocycles. The van der Waals surface area contributed by atoms with Crippen LogP contribution in [0.1, 0.15) is 16.1 Å². The number of rotatable bonds is 2. The third-order valence-electron chi connectivity index (χ3n) is 2.51. The molecule has 0 atom stereocenters. The van der Waals surface area contributed by atoms with Gasteiger partial charge in [0.2, 0.25) is 0 Å². The lowest BCUT2D eigenvalue weighted by molar-refractivity contribution is 0.927. The first-order chi connectivity index (χ1) is 8.88. The van der Waals surface area contributed by atoms with Gasteiger partial charge in [-0.3, -0.25) is 0 Å². The second-order valence-corrected chi connectivity index (χ2v) is 4.60. The highest BCUT2D eigenvalue weighted by molar-refractivity contribution is 7.10. The van der Waals surface area contributed by atoms with Crippen molar-refractivity contribution in [2.45, 2.75) is 0 Å². The van der Waals surface area contributed by atoms with E-state index in [1.807, 2.05) is 35.7 Å². The maximum absolute atomic E-state index is 8.94. The predicted molar refractivity (Wildman–Crippen MR) is 70.9 cm³/mol. The molecule has 0 spiro atoms. The Morgan fingerprint density at radius 2 is 2.28 bits per heavy atom. The first kappa shape index (κ1) is 10.7. The normalized spacial score (nSPS) is 11.1. The molecule has 0 aliphatic carbocycles. The van der Waals surface area contributed by atoms with E-state index in [2.05, 4.69) is 16.2 Å². The molecule has 0 N–H and O–H groups in total. The van der Waals surface area contributed by atoms with Crippen LogP contribution in [0.5, 0.6) is 0 Å². The van der Waals surface area contributed by atoms with E-state index >= 15 is 0 Å². The zero-order valence-electron chi connectivity index (χ0n) is 9.32. The van der Waals surface area contributed by atoms with Crippen LogP contribution < -0.4 is 0 Å². The lowest BCUT2D eigenvalue weighted by Crippen LogP contribution is -1.94. The predicted octanol–water partition coefficient (Wildman–Crippen LogP) is 2.83. The minimum Gasteiger partial charge on any atom is -0.236 e. The Labute approximate surface area is 107 Å². The van der Waals surface area contributed by atoms with Crippen LogP contribution in [0.4, 0.5) is 0 Å². The average molecular weight is 252 g/mol. The molecule has 18 heavy (non-hydrogen) atoms. The van der Waals surface area contributed by atoms with Gasteiger partial charge in [-0.1, -0.05) is 6.07 Å². The van der Waals surface area contributed by atoms with Crippen molar-refractivity contribution in [2.75, 3.05) is 0 Å². The highest BCUT2D eigenvalue weighted by atomic mass is 32.1. The van der Waals surface area contributed by atoms with Gasteiger partial charge in [0.15, 0.2) is 5.65 Å². The van der Waals surface area contributed by atoms with Crippen LogP contribution in [0.3, 0.4) is 0 Å². The standard InChI is InChI=1S/C13H8N4S/c14-8-10-9-16-17-11(5-6-15-13(10)17)3-4-12-2-1-7-18-12/h1-7,9H. The lowest BCUT2D eigenvalue weighted by atomic mass is 10.3. The van der Waals surface area contributed by atoms with Crippen molar-refractivity contribution in [3.63, 3.8) is 0 Å². The fourth-order valence-corrected chi connectivity index (χ4v) is 2.29. The van der Waals surface area contributed by atoms with Gasteiger partial charge in [0.1, 0.15) is 11.6 Å². The monoisotopic (exact) mass is 252 g/mol. The van der Waals surface area contributed by atoms with Gasteiger partial charge in [-0.15, -0.1) is 11.3 Å². The highest BCUT2D eigenvalue weighted by Crippen LogP contribution is 2.14. The SMILES string of the molecule is N#Cc1cnn2c(C=Cc3cccs3)ccnc12. The van der Waals surface area contributed by atoms with Crippen molar-refractivity contribution >= 4 is 29.1 Å². The van der Waals surface area contributed by atoms with E-state index in [1.165, 1.54) is 11.1 Å². The first-order valence-corrected chi connectivity index (χ1v) is 6.21. The Morgan fingerprint density at radius 3 is 3.06 bits per heavy atom. The Hall–Kier alpha value is -2.45. The van der Waals surface area contributed by atoms with Gasteiger partial charge in [-0.05, 0) is 29.7 Å². The summed E-state index contributed by atoms with van der Waals surface area (Å²) in [6.07, 6.45) is 7.21. The fourth-order valence-electron chi connectivity index (χ4n) is 1.67. The van der Waals surface area contributed by atoms with Gasteiger partial charge in [0.25, 0.3) is 0 Å². The Morgan fingerprint density at radius 1 is 1.33 bits per heavy atom. The summed E-state index contributed by atoms with van der Waals surface area (Å²) >= 11 is 1.67. The van der Waals surface area contributed by atoms with Gasteiger partial charge < -0.3 is 0 Å². The highest BCUT2D eigenvalue weighted by Gasteiger charge is 2.05. The van der Waals surface area contributed by atoms with E-state index in [1.54, 1.807) is 22.0 Å². The molecule has 0 radical (unpaired) electrons.